The van der Waals surface area contributed by atoms with Crippen LogP contribution >= 0.6 is 0 Å². The topological polar surface area (TPSA) is 65.5 Å². The molecular formula is C15H23FN4O. The molecule has 21 heavy (non-hydrogen) atoms. The smallest absolute Gasteiger partial charge is 0.227 e. The molecule has 6 heteroatoms. The van der Waals surface area contributed by atoms with E-state index in [9.17, 15) is 9.18 Å². The molecule has 1 amide bonds. The molecule has 1 aromatic rings. The zero-order valence-corrected chi connectivity index (χ0v) is 13.0. The van der Waals surface area contributed by atoms with Crippen molar-refractivity contribution in [3.8, 4) is 0 Å². The number of amides is 1. The van der Waals surface area contributed by atoms with Crippen LogP contribution in [0.2, 0.25) is 0 Å². The molecular weight excluding hydrogens is 271 g/mol. The number of nitrogens with zero attached hydrogens (tertiary/aromatic N) is 1. The third-order valence-electron chi connectivity index (χ3n) is 3.14. The number of hydrogen-bond donors (Lipinski definition) is 3. The van der Waals surface area contributed by atoms with Crippen molar-refractivity contribution in [2.24, 2.45) is 10.4 Å². The van der Waals surface area contributed by atoms with Crippen molar-refractivity contribution in [2.75, 3.05) is 20.6 Å². The number of guanidine groups is 1. The van der Waals surface area contributed by atoms with Crippen molar-refractivity contribution in [2.45, 2.75) is 20.4 Å². The van der Waals surface area contributed by atoms with Crippen molar-refractivity contribution in [3.05, 3.63) is 35.6 Å². The summed E-state index contributed by atoms with van der Waals surface area (Å²) in [4.78, 5) is 15.8. The first kappa shape index (κ1) is 16.9. The Morgan fingerprint density at radius 3 is 2.38 bits per heavy atom. The lowest BCUT2D eigenvalue weighted by atomic mass is 9.92. The zero-order valence-electron chi connectivity index (χ0n) is 13.0. The average Bonchev–Trinajstić information content (AvgIpc) is 2.48. The molecule has 0 radical (unpaired) electrons. The quantitative estimate of drug-likeness (QED) is 0.566. The molecule has 1 rings (SSSR count). The lowest BCUT2D eigenvalue weighted by Crippen LogP contribution is -2.47. The standard InChI is InChI=1S/C15H23FN4O/c1-15(2,13(21)17-3)10-20-14(18-4)19-9-11-5-7-12(16)8-6-11/h5-8H,9-10H2,1-4H3,(H,17,21)(H2,18,19,20). The van der Waals surface area contributed by atoms with Crippen molar-refractivity contribution in [3.63, 3.8) is 0 Å². The van der Waals surface area contributed by atoms with Gasteiger partial charge in [0, 0.05) is 27.2 Å². The van der Waals surface area contributed by atoms with Gasteiger partial charge in [-0.05, 0) is 31.5 Å². The van der Waals surface area contributed by atoms with Gasteiger partial charge in [-0.1, -0.05) is 12.1 Å². The Bertz CT molecular complexity index is 497. The van der Waals surface area contributed by atoms with Crippen LogP contribution in [0.4, 0.5) is 4.39 Å². The Morgan fingerprint density at radius 1 is 1.24 bits per heavy atom. The Balaban J connectivity index is 2.49. The molecule has 0 atom stereocenters. The number of nitrogens with one attached hydrogen (secondary N) is 3. The molecule has 116 valence electrons. The van der Waals surface area contributed by atoms with Crippen molar-refractivity contribution >= 4 is 11.9 Å². The second-order valence-corrected chi connectivity index (χ2v) is 5.37. The third-order valence-corrected chi connectivity index (χ3v) is 3.14. The molecule has 1 aromatic carbocycles. The summed E-state index contributed by atoms with van der Waals surface area (Å²) >= 11 is 0. The summed E-state index contributed by atoms with van der Waals surface area (Å²) in [6, 6.07) is 6.26. The van der Waals surface area contributed by atoms with E-state index in [-0.39, 0.29) is 11.7 Å². The highest BCUT2D eigenvalue weighted by Gasteiger charge is 2.26. The largest absolute Gasteiger partial charge is 0.359 e. The summed E-state index contributed by atoms with van der Waals surface area (Å²) in [5.41, 5.74) is 0.410. The first-order valence-electron chi connectivity index (χ1n) is 6.80. The summed E-state index contributed by atoms with van der Waals surface area (Å²) in [6.45, 7) is 4.69. The molecule has 0 fully saturated rings. The molecule has 5 nitrogen and oxygen atoms in total. The highest BCUT2D eigenvalue weighted by molar-refractivity contribution is 5.84. The second-order valence-electron chi connectivity index (χ2n) is 5.37. The van der Waals surface area contributed by atoms with Gasteiger partial charge in [0.2, 0.25) is 5.91 Å². The predicted octanol–water partition coefficient (Wildman–Crippen LogP) is 1.26. The fourth-order valence-electron chi connectivity index (χ4n) is 1.73. The average molecular weight is 294 g/mol. The van der Waals surface area contributed by atoms with Crippen LogP contribution in [0.15, 0.2) is 29.3 Å². The molecule has 0 heterocycles. The Morgan fingerprint density at radius 2 is 1.86 bits per heavy atom. The highest BCUT2D eigenvalue weighted by Crippen LogP contribution is 2.12. The van der Waals surface area contributed by atoms with E-state index in [1.807, 2.05) is 13.8 Å². The molecule has 0 saturated heterocycles. The molecule has 0 aliphatic heterocycles. The summed E-state index contributed by atoms with van der Waals surface area (Å²) in [6.07, 6.45) is 0. The van der Waals surface area contributed by atoms with E-state index in [1.54, 1.807) is 26.2 Å². The van der Waals surface area contributed by atoms with Crippen molar-refractivity contribution < 1.29 is 9.18 Å². The maximum atomic E-state index is 12.8. The van der Waals surface area contributed by atoms with E-state index in [1.165, 1.54) is 12.1 Å². The number of hydrogen-bond acceptors (Lipinski definition) is 2. The fraction of sp³-hybridized carbons (Fsp3) is 0.467. The molecule has 0 unspecified atom stereocenters. The van der Waals surface area contributed by atoms with E-state index in [0.717, 1.165) is 5.56 Å². The number of carbonyl (C=O) groups excluding carboxylic acids is 1. The minimum Gasteiger partial charge on any atom is -0.359 e. The molecule has 0 spiro atoms. The molecule has 0 aromatic heterocycles. The maximum absolute atomic E-state index is 12.8. The number of benzene rings is 1. The first-order valence-corrected chi connectivity index (χ1v) is 6.80. The molecule has 3 N–H and O–H groups in total. The second kappa shape index (κ2) is 7.61. The summed E-state index contributed by atoms with van der Waals surface area (Å²) in [5.74, 6) is 0.300. The van der Waals surface area contributed by atoms with Gasteiger partial charge >= 0.3 is 0 Å². The van der Waals surface area contributed by atoms with Crippen LogP contribution in [0.5, 0.6) is 0 Å². The summed E-state index contributed by atoms with van der Waals surface area (Å²) < 4.78 is 12.8. The SMILES string of the molecule is CN=C(NCc1ccc(F)cc1)NCC(C)(C)C(=O)NC. The molecule has 0 saturated carbocycles. The van der Waals surface area contributed by atoms with Gasteiger partial charge in [-0.25, -0.2) is 4.39 Å². The van der Waals surface area contributed by atoms with Crippen molar-refractivity contribution in [1.29, 1.82) is 0 Å². The minimum absolute atomic E-state index is 0.0380. The van der Waals surface area contributed by atoms with E-state index < -0.39 is 5.41 Å². The van der Waals surface area contributed by atoms with E-state index in [2.05, 4.69) is 20.9 Å². The number of rotatable bonds is 5. The van der Waals surface area contributed by atoms with Crippen LogP contribution in [-0.2, 0) is 11.3 Å². The lowest BCUT2D eigenvalue weighted by Gasteiger charge is -2.24. The molecule has 0 bridgehead atoms. The monoisotopic (exact) mass is 294 g/mol. The third kappa shape index (κ3) is 5.41. The summed E-state index contributed by atoms with van der Waals surface area (Å²) in [7, 11) is 3.28. The predicted molar refractivity (Wildman–Crippen MR) is 82.4 cm³/mol. The van der Waals surface area contributed by atoms with Crippen LogP contribution in [0.1, 0.15) is 19.4 Å². The maximum Gasteiger partial charge on any atom is 0.227 e. The Labute approximate surface area is 125 Å². The van der Waals surface area contributed by atoms with Gasteiger partial charge in [0.05, 0.1) is 5.41 Å². The number of halogens is 1. The lowest BCUT2D eigenvalue weighted by molar-refractivity contribution is -0.128. The summed E-state index contributed by atoms with van der Waals surface area (Å²) in [5, 5.41) is 8.87. The highest BCUT2D eigenvalue weighted by atomic mass is 19.1. The Kier molecular flexibility index (Phi) is 6.14. The van der Waals surface area contributed by atoms with E-state index in [0.29, 0.717) is 19.0 Å². The van der Waals surface area contributed by atoms with Gasteiger partial charge in [-0.15, -0.1) is 0 Å². The normalized spacial score (nSPS) is 12.0. The minimum atomic E-state index is -0.539. The molecule has 0 aliphatic rings. The number of carbonyl (C=O) groups is 1. The van der Waals surface area contributed by atoms with E-state index >= 15 is 0 Å². The zero-order chi connectivity index (χ0) is 15.9. The van der Waals surface area contributed by atoms with Crippen molar-refractivity contribution in [1.82, 2.24) is 16.0 Å². The molecule has 0 aliphatic carbocycles. The van der Waals surface area contributed by atoms with Crippen LogP contribution in [0, 0.1) is 11.2 Å². The van der Waals surface area contributed by atoms with Crippen LogP contribution in [0.25, 0.3) is 0 Å². The van der Waals surface area contributed by atoms with Crippen LogP contribution in [0.3, 0.4) is 0 Å². The van der Waals surface area contributed by atoms with Gasteiger partial charge in [0.1, 0.15) is 5.82 Å². The number of aliphatic imine (C=N–C) groups is 1. The first-order chi connectivity index (χ1) is 9.89. The fourth-order valence-corrected chi connectivity index (χ4v) is 1.73. The van der Waals surface area contributed by atoms with Gasteiger partial charge in [-0.3, -0.25) is 9.79 Å². The van der Waals surface area contributed by atoms with E-state index in [4.69, 9.17) is 0 Å². The van der Waals surface area contributed by atoms with Gasteiger partial charge in [-0.2, -0.15) is 0 Å². The van der Waals surface area contributed by atoms with Gasteiger partial charge < -0.3 is 16.0 Å². The Hall–Kier alpha value is -2.11. The van der Waals surface area contributed by atoms with Crippen LogP contribution < -0.4 is 16.0 Å². The van der Waals surface area contributed by atoms with Gasteiger partial charge in [0.15, 0.2) is 5.96 Å². The van der Waals surface area contributed by atoms with Crippen LogP contribution in [-0.4, -0.2) is 32.5 Å². The van der Waals surface area contributed by atoms with Gasteiger partial charge in [0.25, 0.3) is 0 Å².